The molecule has 0 aliphatic heterocycles. The number of rotatable bonds is 5. The summed E-state index contributed by atoms with van der Waals surface area (Å²) < 4.78 is 0. The molecule has 108 valence electrons. The van der Waals surface area contributed by atoms with Crippen LogP contribution in [-0.2, 0) is 5.41 Å². The van der Waals surface area contributed by atoms with Gasteiger partial charge >= 0.3 is 0 Å². The summed E-state index contributed by atoms with van der Waals surface area (Å²) in [5, 5.41) is 21.6. The van der Waals surface area contributed by atoms with E-state index in [2.05, 4.69) is 20.7 Å². The highest BCUT2D eigenvalue weighted by atomic mass is 16.3. The molecule has 0 radical (unpaired) electrons. The van der Waals surface area contributed by atoms with Gasteiger partial charge in [-0.2, -0.15) is 0 Å². The van der Waals surface area contributed by atoms with E-state index in [1.807, 2.05) is 20.8 Å². The lowest BCUT2D eigenvalue weighted by atomic mass is 9.95. The Balaban J connectivity index is 3.14. The van der Waals surface area contributed by atoms with Crippen LogP contribution in [0.1, 0.15) is 33.5 Å². The molecule has 0 saturated heterocycles. The molecule has 6 N–H and O–H groups in total. The van der Waals surface area contributed by atoms with E-state index in [1.165, 1.54) is 0 Å². The molecule has 0 atom stereocenters. The summed E-state index contributed by atoms with van der Waals surface area (Å²) in [6.07, 6.45) is 0. The predicted octanol–water partition coefficient (Wildman–Crippen LogP) is 0.215. The van der Waals surface area contributed by atoms with Gasteiger partial charge in [0.05, 0.1) is 18.8 Å². The maximum Gasteiger partial charge on any atom is 0.145 e. The fourth-order valence-electron chi connectivity index (χ4n) is 1.36. The number of nitrogens with two attached hydrogens (primary N) is 1. The zero-order valence-electron chi connectivity index (χ0n) is 11.9. The highest BCUT2D eigenvalue weighted by Crippen LogP contribution is 2.23. The second-order valence-electron chi connectivity index (χ2n) is 5.86. The van der Waals surface area contributed by atoms with Crippen molar-refractivity contribution in [1.29, 1.82) is 0 Å². The zero-order chi connectivity index (χ0) is 14.7. The summed E-state index contributed by atoms with van der Waals surface area (Å²) in [7, 11) is 0. The summed E-state index contributed by atoms with van der Waals surface area (Å²) in [5.41, 5.74) is 1.40. The molecule has 0 spiro atoms. The summed E-state index contributed by atoms with van der Waals surface area (Å²) >= 11 is 0. The molecule has 0 aromatic carbocycles. The smallest absolute Gasteiger partial charge is 0.145 e. The number of aliphatic hydroxyl groups is 2. The number of nitrogen functional groups attached to an aromatic ring is 1. The summed E-state index contributed by atoms with van der Waals surface area (Å²) in [6, 6.07) is 1.62. The number of nitrogens with zero attached hydrogens (tertiary/aromatic N) is 2. The number of hydrogen-bond acceptors (Lipinski definition) is 7. The van der Waals surface area contributed by atoms with Crippen LogP contribution in [0.25, 0.3) is 0 Å². The fraction of sp³-hybridized carbons (Fsp3) is 0.667. The van der Waals surface area contributed by atoms with Crippen molar-refractivity contribution in [3.8, 4) is 0 Å². The predicted molar refractivity (Wildman–Crippen MR) is 74.7 cm³/mol. The summed E-state index contributed by atoms with van der Waals surface area (Å²) in [6.45, 7) is 7.23. The molecular weight excluding hydrogens is 246 g/mol. The van der Waals surface area contributed by atoms with E-state index in [-0.39, 0.29) is 18.6 Å². The lowest BCUT2D eigenvalue weighted by Gasteiger charge is -2.28. The van der Waals surface area contributed by atoms with Crippen molar-refractivity contribution < 1.29 is 10.2 Å². The monoisotopic (exact) mass is 269 g/mol. The van der Waals surface area contributed by atoms with Crippen molar-refractivity contribution >= 4 is 11.6 Å². The first-order chi connectivity index (χ1) is 8.74. The van der Waals surface area contributed by atoms with Crippen LogP contribution in [0.15, 0.2) is 6.07 Å². The standard InChI is InChI=1S/C12H23N5O2/c1-11(2,3)10-14-8(5-9(15-10)17-13)16-12(4,6-18)7-19/h5,18-19H,6-7,13H2,1-4H3,(H2,14,15,16,17). The van der Waals surface area contributed by atoms with E-state index in [4.69, 9.17) is 5.84 Å². The molecular formula is C12H23N5O2. The van der Waals surface area contributed by atoms with E-state index < -0.39 is 5.54 Å². The molecule has 0 aliphatic carbocycles. The second-order valence-corrected chi connectivity index (χ2v) is 5.86. The number of hydrazine groups is 1. The fourth-order valence-corrected chi connectivity index (χ4v) is 1.36. The molecule has 1 aromatic heterocycles. The van der Waals surface area contributed by atoms with Gasteiger partial charge in [-0.25, -0.2) is 15.8 Å². The minimum atomic E-state index is -0.852. The molecule has 0 bridgehead atoms. The topological polar surface area (TPSA) is 116 Å². The number of aromatic nitrogens is 2. The molecule has 7 heteroatoms. The van der Waals surface area contributed by atoms with Crippen LogP contribution in [0.2, 0.25) is 0 Å². The van der Waals surface area contributed by atoms with Gasteiger partial charge in [0.25, 0.3) is 0 Å². The Hall–Kier alpha value is -1.44. The van der Waals surface area contributed by atoms with Crippen LogP contribution >= 0.6 is 0 Å². The van der Waals surface area contributed by atoms with E-state index in [1.54, 1.807) is 13.0 Å². The first-order valence-electron chi connectivity index (χ1n) is 6.10. The van der Waals surface area contributed by atoms with Crippen LogP contribution in [-0.4, -0.2) is 38.9 Å². The highest BCUT2D eigenvalue weighted by molar-refractivity contribution is 5.49. The van der Waals surface area contributed by atoms with E-state index in [0.717, 1.165) is 0 Å². The Kier molecular flexibility index (Phi) is 4.67. The van der Waals surface area contributed by atoms with Gasteiger partial charge in [0.1, 0.15) is 17.5 Å². The largest absolute Gasteiger partial charge is 0.394 e. The molecule has 1 heterocycles. The average Bonchev–Trinajstić information content (AvgIpc) is 2.37. The zero-order valence-corrected chi connectivity index (χ0v) is 11.9. The second kappa shape index (κ2) is 5.68. The van der Waals surface area contributed by atoms with Crippen molar-refractivity contribution in [3.63, 3.8) is 0 Å². The van der Waals surface area contributed by atoms with E-state index in [9.17, 15) is 10.2 Å². The first kappa shape index (κ1) is 15.6. The molecule has 0 unspecified atom stereocenters. The summed E-state index contributed by atoms with van der Waals surface area (Å²) in [4.78, 5) is 8.69. The van der Waals surface area contributed by atoms with Crippen molar-refractivity contribution in [1.82, 2.24) is 9.97 Å². The van der Waals surface area contributed by atoms with Crippen molar-refractivity contribution in [2.24, 2.45) is 5.84 Å². The highest BCUT2D eigenvalue weighted by Gasteiger charge is 2.25. The Morgan fingerprint density at radius 1 is 1.11 bits per heavy atom. The summed E-state index contributed by atoms with van der Waals surface area (Å²) in [5.74, 6) is 6.98. The van der Waals surface area contributed by atoms with E-state index >= 15 is 0 Å². The van der Waals surface area contributed by atoms with Crippen LogP contribution in [0.4, 0.5) is 11.6 Å². The Morgan fingerprint density at radius 3 is 2.05 bits per heavy atom. The molecule has 1 aromatic rings. The number of nitrogens with one attached hydrogen (secondary N) is 2. The van der Waals surface area contributed by atoms with Gasteiger partial charge in [0, 0.05) is 11.5 Å². The van der Waals surface area contributed by atoms with Gasteiger partial charge in [-0.05, 0) is 6.92 Å². The molecule has 0 saturated carbocycles. The van der Waals surface area contributed by atoms with Gasteiger partial charge < -0.3 is 21.0 Å². The molecule has 19 heavy (non-hydrogen) atoms. The van der Waals surface area contributed by atoms with Crippen LogP contribution in [0.3, 0.4) is 0 Å². The quantitative estimate of drug-likeness (QED) is 0.383. The van der Waals surface area contributed by atoms with E-state index in [0.29, 0.717) is 17.5 Å². The van der Waals surface area contributed by atoms with Crippen LogP contribution < -0.4 is 16.6 Å². The van der Waals surface area contributed by atoms with Crippen molar-refractivity contribution in [3.05, 3.63) is 11.9 Å². The third-order valence-corrected chi connectivity index (χ3v) is 2.67. The third kappa shape index (κ3) is 4.02. The molecule has 0 aliphatic rings. The number of anilines is 2. The maximum atomic E-state index is 9.30. The van der Waals surface area contributed by atoms with Crippen LogP contribution in [0.5, 0.6) is 0 Å². The first-order valence-corrected chi connectivity index (χ1v) is 6.10. The SMILES string of the molecule is CC(CO)(CO)Nc1cc(NN)nc(C(C)(C)C)n1. The third-order valence-electron chi connectivity index (χ3n) is 2.67. The minimum Gasteiger partial charge on any atom is -0.394 e. The molecule has 1 rings (SSSR count). The van der Waals surface area contributed by atoms with Crippen molar-refractivity contribution in [2.45, 2.75) is 38.6 Å². The van der Waals surface area contributed by atoms with Crippen molar-refractivity contribution in [2.75, 3.05) is 24.0 Å². The Labute approximate surface area is 113 Å². The molecule has 0 amide bonds. The van der Waals surface area contributed by atoms with Gasteiger partial charge in [0.2, 0.25) is 0 Å². The lowest BCUT2D eigenvalue weighted by Crippen LogP contribution is -2.43. The number of hydrogen-bond donors (Lipinski definition) is 5. The normalized spacial score (nSPS) is 12.4. The Morgan fingerprint density at radius 2 is 1.63 bits per heavy atom. The minimum absolute atomic E-state index is 0.219. The van der Waals surface area contributed by atoms with Gasteiger partial charge in [-0.3, -0.25) is 0 Å². The Bertz CT molecular complexity index is 427. The molecule has 7 nitrogen and oxygen atoms in total. The molecule has 0 fully saturated rings. The van der Waals surface area contributed by atoms with Gasteiger partial charge in [-0.15, -0.1) is 0 Å². The van der Waals surface area contributed by atoms with Gasteiger partial charge in [-0.1, -0.05) is 20.8 Å². The van der Waals surface area contributed by atoms with Gasteiger partial charge in [0.15, 0.2) is 0 Å². The van der Waals surface area contributed by atoms with Crippen LogP contribution in [0, 0.1) is 0 Å². The number of aliphatic hydroxyl groups excluding tert-OH is 2. The maximum absolute atomic E-state index is 9.30. The average molecular weight is 269 g/mol. The lowest BCUT2D eigenvalue weighted by molar-refractivity contribution is 0.147.